The van der Waals surface area contributed by atoms with E-state index in [0.717, 1.165) is 50.6 Å². The Labute approximate surface area is 165 Å². The zero-order valence-electron chi connectivity index (χ0n) is 17.2. The Morgan fingerprint density at radius 2 is 1.70 bits per heavy atom. The Balaban J connectivity index is 1.57. The smallest absolute Gasteiger partial charge is 0.142 e. The van der Waals surface area contributed by atoms with Crippen LogP contribution in [0.25, 0.3) is 0 Å². The number of methoxy groups -OCH3 is 1. The Hall–Kier alpha value is -1.30. The third-order valence-corrected chi connectivity index (χ3v) is 5.22. The first-order valence-electron chi connectivity index (χ1n) is 10.6. The molecule has 0 saturated carbocycles. The minimum atomic E-state index is -0.400. The van der Waals surface area contributed by atoms with Crippen molar-refractivity contribution in [3.8, 4) is 5.75 Å². The molecule has 1 unspecified atom stereocenters. The second-order valence-electron chi connectivity index (χ2n) is 7.46. The summed E-state index contributed by atoms with van der Waals surface area (Å²) in [5.74, 6) is 0.925. The summed E-state index contributed by atoms with van der Waals surface area (Å²) in [6.07, 6.45) is 7.20. The first kappa shape index (κ1) is 22.0. The van der Waals surface area contributed by atoms with Crippen LogP contribution in [-0.2, 0) is 4.74 Å². The van der Waals surface area contributed by atoms with E-state index in [1.54, 1.807) is 7.11 Å². The van der Waals surface area contributed by atoms with Gasteiger partial charge in [-0.3, -0.25) is 4.90 Å². The van der Waals surface area contributed by atoms with Crippen molar-refractivity contribution in [2.45, 2.75) is 51.6 Å². The van der Waals surface area contributed by atoms with Crippen molar-refractivity contribution in [1.29, 1.82) is 0 Å². The van der Waals surface area contributed by atoms with E-state index in [2.05, 4.69) is 28.9 Å². The molecule has 0 aliphatic carbocycles. The van der Waals surface area contributed by atoms with Crippen LogP contribution in [0.1, 0.15) is 45.4 Å². The first-order valence-corrected chi connectivity index (χ1v) is 10.6. The fourth-order valence-electron chi connectivity index (χ4n) is 3.62. The van der Waals surface area contributed by atoms with Gasteiger partial charge in [0.15, 0.2) is 0 Å². The van der Waals surface area contributed by atoms with Gasteiger partial charge in [-0.05, 0) is 18.6 Å². The Kier molecular flexibility index (Phi) is 10.6. The minimum absolute atomic E-state index is 0.400. The van der Waals surface area contributed by atoms with Gasteiger partial charge in [-0.1, -0.05) is 51.2 Å². The fourth-order valence-corrected chi connectivity index (χ4v) is 3.62. The van der Waals surface area contributed by atoms with E-state index >= 15 is 0 Å². The molecule has 1 fully saturated rings. The molecule has 1 saturated heterocycles. The number of rotatable bonds is 13. The molecular formula is C22H38N2O3. The van der Waals surface area contributed by atoms with E-state index in [0.29, 0.717) is 13.2 Å². The van der Waals surface area contributed by atoms with Gasteiger partial charge in [-0.25, -0.2) is 0 Å². The van der Waals surface area contributed by atoms with E-state index in [1.807, 2.05) is 12.1 Å². The predicted molar refractivity (Wildman–Crippen MR) is 112 cm³/mol. The van der Waals surface area contributed by atoms with Crippen LogP contribution in [0.4, 0.5) is 5.69 Å². The summed E-state index contributed by atoms with van der Waals surface area (Å²) in [6.45, 7) is 7.95. The molecule has 1 aromatic carbocycles. The van der Waals surface area contributed by atoms with Gasteiger partial charge in [-0.2, -0.15) is 0 Å². The van der Waals surface area contributed by atoms with E-state index in [9.17, 15) is 5.11 Å². The molecule has 5 nitrogen and oxygen atoms in total. The minimum Gasteiger partial charge on any atom is -0.495 e. The largest absolute Gasteiger partial charge is 0.495 e. The molecule has 0 radical (unpaired) electrons. The highest BCUT2D eigenvalue weighted by Crippen LogP contribution is 2.28. The lowest BCUT2D eigenvalue weighted by Crippen LogP contribution is -2.49. The number of nitrogens with zero attached hydrogens (tertiary/aromatic N) is 2. The van der Waals surface area contributed by atoms with Gasteiger partial charge in [-0.15, -0.1) is 0 Å². The third-order valence-electron chi connectivity index (χ3n) is 5.22. The normalized spacial score (nSPS) is 16.5. The number of benzene rings is 1. The van der Waals surface area contributed by atoms with E-state index < -0.39 is 6.10 Å². The highest BCUT2D eigenvalue weighted by atomic mass is 16.5. The summed E-state index contributed by atoms with van der Waals surface area (Å²) in [7, 11) is 1.72. The molecule has 1 atom stereocenters. The number of unbranched alkanes of at least 4 members (excludes halogenated alkanes) is 5. The first-order chi connectivity index (χ1) is 13.2. The Morgan fingerprint density at radius 3 is 2.44 bits per heavy atom. The van der Waals surface area contributed by atoms with Crippen LogP contribution < -0.4 is 9.64 Å². The fraction of sp³-hybridized carbons (Fsp3) is 0.727. The molecule has 0 bridgehead atoms. The SMILES string of the molecule is CCCCCCCCOCC(O)CN1CCN(c2ccccc2OC)CC1. The van der Waals surface area contributed by atoms with Crippen LogP contribution in [-0.4, -0.2) is 69.2 Å². The number of hydrogen-bond acceptors (Lipinski definition) is 5. The molecule has 0 amide bonds. The van der Waals surface area contributed by atoms with Crippen LogP contribution in [0, 0.1) is 0 Å². The van der Waals surface area contributed by atoms with Gasteiger partial charge in [0, 0.05) is 39.3 Å². The van der Waals surface area contributed by atoms with Gasteiger partial charge in [0.1, 0.15) is 5.75 Å². The van der Waals surface area contributed by atoms with Crippen molar-refractivity contribution in [1.82, 2.24) is 4.90 Å². The Bertz CT molecular complexity index is 504. The van der Waals surface area contributed by atoms with Crippen LogP contribution in [0.3, 0.4) is 0 Å². The molecule has 1 heterocycles. The van der Waals surface area contributed by atoms with Crippen molar-refractivity contribution >= 4 is 5.69 Å². The number of ether oxygens (including phenoxy) is 2. The number of para-hydroxylation sites is 2. The second-order valence-corrected chi connectivity index (χ2v) is 7.46. The van der Waals surface area contributed by atoms with Crippen LogP contribution in [0.15, 0.2) is 24.3 Å². The predicted octanol–water partition coefficient (Wildman–Crippen LogP) is 3.56. The van der Waals surface area contributed by atoms with Crippen molar-refractivity contribution in [2.24, 2.45) is 0 Å². The molecule has 1 aliphatic heterocycles. The van der Waals surface area contributed by atoms with Gasteiger partial charge >= 0.3 is 0 Å². The van der Waals surface area contributed by atoms with Crippen molar-refractivity contribution in [2.75, 3.05) is 57.9 Å². The molecule has 27 heavy (non-hydrogen) atoms. The number of piperazine rings is 1. The van der Waals surface area contributed by atoms with Gasteiger partial charge in [0.25, 0.3) is 0 Å². The van der Waals surface area contributed by atoms with Crippen LogP contribution in [0.5, 0.6) is 5.75 Å². The lowest BCUT2D eigenvalue weighted by molar-refractivity contribution is 0.0146. The topological polar surface area (TPSA) is 45.2 Å². The van der Waals surface area contributed by atoms with Gasteiger partial charge < -0.3 is 19.5 Å². The maximum atomic E-state index is 10.2. The van der Waals surface area contributed by atoms with Crippen molar-refractivity contribution < 1.29 is 14.6 Å². The molecule has 1 aliphatic rings. The lowest BCUT2D eigenvalue weighted by atomic mass is 10.1. The highest BCUT2D eigenvalue weighted by molar-refractivity contribution is 5.58. The highest BCUT2D eigenvalue weighted by Gasteiger charge is 2.21. The lowest BCUT2D eigenvalue weighted by Gasteiger charge is -2.37. The maximum absolute atomic E-state index is 10.2. The summed E-state index contributed by atoms with van der Waals surface area (Å²) >= 11 is 0. The summed E-state index contributed by atoms with van der Waals surface area (Å²) in [6, 6.07) is 8.17. The molecule has 5 heteroatoms. The molecule has 2 rings (SSSR count). The third kappa shape index (κ3) is 8.08. The molecule has 1 N–H and O–H groups in total. The standard InChI is InChI=1S/C22H38N2O3/c1-3-4-5-6-7-10-17-27-19-20(25)18-23-13-15-24(16-14-23)21-11-8-9-12-22(21)26-2/h8-9,11-12,20,25H,3-7,10,13-19H2,1-2H3. The monoisotopic (exact) mass is 378 g/mol. The zero-order valence-corrected chi connectivity index (χ0v) is 17.2. The quantitative estimate of drug-likeness (QED) is 0.532. The van der Waals surface area contributed by atoms with Crippen LogP contribution in [0.2, 0.25) is 0 Å². The second kappa shape index (κ2) is 13.0. The molecule has 154 valence electrons. The van der Waals surface area contributed by atoms with Crippen LogP contribution >= 0.6 is 0 Å². The van der Waals surface area contributed by atoms with Crippen molar-refractivity contribution in [3.63, 3.8) is 0 Å². The van der Waals surface area contributed by atoms with E-state index in [1.165, 1.54) is 32.1 Å². The number of anilines is 1. The molecule has 1 aromatic rings. The summed E-state index contributed by atoms with van der Waals surface area (Å²) < 4.78 is 11.1. The van der Waals surface area contributed by atoms with E-state index in [4.69, 9.17) is 9.47 Å². The van der Waals surface area contributed by atoms with Gasteiger partial charge in [0.05, 0.1) is 25.5 Å². The van der Waals surface area contributed by atoms with Crippen molar-refractivity contribution in [3.05, 3.63) is 24.3 Å². The molecular weight excluding hydrogens is 340 g/mol. The number of aliphatic hydroxyl groups excluding tert-OH is 1. The summed E-state index contributed by atoms with van der Waals surface area (Å²) in [5, 5.41) is 10.2. The van der Waals surface area contributed by atoms with Gasteiger partial charge in [0.2, 0.25) is 0 Å². The summed E-state index contributed by atoms with van der Waals surface area (Å²) in [5.41, 5.74) is 1.16. The average molecular weight is 379 g/mol. The summed E-state index contributed by atoms with van der Waals surface area (Å²) in [4.78, 5) is 4.68. The Morgan fingerprint density at radius 1 is 1.00 bits per heavy atom. The number of β-amino-alcohol motifs (C(OH)–C–C–N with tert-alkyl or cyclic N) is 1. The average Bonchev–Trinajstić information content (AvgIpc) is 2.70. The number of hydrogen-bond donors (Lipinski definition) is 1. The maximum Gasteiger partial charge on any atom is 0.142 e. The molecule has 0 spiro atoms. The van der Waals surface area contributed by atoms with E-state index in [-0.39, 0.29) is 0 Å². The molecule has 0 aromatic heterocycles. The number of aliphatic hydroxyl groups is 1. The zero-order chi connectivity index (χ0) is 19.3.